The zero-order valence-corrected chi connectivity index (χ0v) is 29.8. The molecule has 3 fully saturated rings. The van der Waals surface area contributed by atoms with E-state index in [4.69, 9.17) is 0 Å². The smallest absolute Gasteiger partial charge is 0.193 e. The van der Waals surface area contributed by atoms with Crippen molar-refractivity contribution in [3.8, 4) is 0 Å². The van der Waals surface area contributed by atoms with E-state index in [0.717, 1.165) is 12.3 Å². The summed E-state index contributed by atoms with van der Waals surface area (Å²) in [5.74, 6) is 2.53. The molecule has 4 heteroatoms. The number of fused-ring (bicyclic) bond motifs is 8. The number of rotatable bonds is 2. The van der Waals surface area contributed by atoms with Gasteiger partial charge in [-0.2, -0.15) is 0 Å². The van der Waals surface area contributed by atoms with E-state index in [0.29, 0.717) is 53.8 Å². The van der Waals surface area contributed by atoms with Crippen LogP contribution in [-0.2, 0) is 0 Å². The van der Waals surface area contributed by atoms with Crippen LogP contribution < -0.4 is 4.90 Å². The Labute approximate surface area is 295 Å². The summed E-state index contributed by atoms with van der Waals surface area (Å²) in [6.45, 7) is 6.08. The maximum atomic E-state index is 3.22. The Hall–Kier alpha value is -2.98. The van der Waals surface area contributed by atoms with Gasteiger partial charge in [0.1, 0.15) is 0 Å². The standard InChI is InChI=1S/C45H54BN3/c1-44(2)45(27-11-4-12-28-45)34-18-13-20-36-43(34)49(44)40-24-14-23-39-42(40)46(36)35-19-8-10-22-38(35)48(39)31-25-26-33-32-17-7-9-21-37(32)47(41(33)29-31)30-15-5-3-6-16-30/h5,7-10,13,15-17,20-22,25-26,31,33-36,40-41,43H,3-4,6,11-12,14,18-19,23-24,27-29H2,1-2H3. The number of allylic oxidation sites excluding steroid dienone is 9. The van der Waals surface area contributed by atoms with Crippen molar-refractivity contribution in [3.05, 3.63) is 113 Å². The first kappa shape index (κ1) is 29.7. The summed E-state index contributed by atoms with van der Waals surface area (Å²) in [5.41, 5.74) is 10.4. The summed E-state index contributed by atoms with van der Waals surface area (Å²) in [6, 6.07) is 11.5. The lowest BCUT2D eigenvalue weighted by atomic mass is 9.23. The Bertz CT molecular complexity index is 1780. The van der Waals surface area contributed by atoms with Crippen molar-refractivity contribution in [2.45, 2.75) is 145 Å². The van der Waals surface area contributed by atoms with E-state index in [1.54, 1.807) is 11.4 Å². The number of benzene rings is 1. The molecule has 49 heavy (non-hydrogen) atoms. The molecule has 1 aromatic rings. The monoisotopic (exact) mass is 647 g/mol. The van der Waals surface area contributed by atoms with Gasteiger partial charge in [-0.3, -0.25) is 4.90 Å². The fourth-order valence-corrected chi connectivity index (χ4v) is 14.3. The molecule has 0 bridgehead atoms. The van der Waals surface area contributed by atoms with Crippen molar-refractivity contribution in [1.29, 1.82) is 0 Å². The maximum Gasteiger partial charge on any atom is 0.193 e. The molecule has 1 spiro atoms. The van der Waals surface area contributed by atoms with E-state index < -0.39 is 0 Å². The molecule has 4 aliphatic heterocycles. The van der Waals surface area contributed by atoms with Crippen molar-refractivity contribution < 1.29 is 0 Å². The Balaban J connectivity index is 1.04. The molecule has 0 amide bonds. The zero-order chi connectivity index (χ0) is 32.5. The Morgan fingerprint density at radius 3 is 2.65 bits per heavy atom. The maximum absolute atomic E-state index is 3.22. The molecule has 8 unspecified atom stereocenters. The van der Waals surface area contributed by atoms with Crippen LogP contribution in [0.5, 0.6) is 0 Å². The second kappa shape index (κ2) is 10.8. The first-order valence-electron chi connectivity index (χ1n) is 20.4. The first-order valence-corrected chi connectivity index (χ1v) is 20.4. The van der Waals surface area contributed by atoms with Crippen LogP contribution >= 0.6 is 0 Å². The Morgan fingerprint density at radius 2 is 1.78 bits per heavy atom. The third-order valence-corrected chi connectivity index (χ3v) is 16.0. The average Bonchev–Trinajstić information content (AvgIpc) is 3.57. The predicted octanol–water partition coefficient (Wildman–Crippen LogP) is 10.3. The van der Waals surface area contributed by atoms with Gasteiger partial charge in [0.15, 0.2) is 6.71 Å². The number of hydrogen-bond acceptors (Lipinski definition) is 3. The van der Waals surface area contributed by atoms with E-state index in [-0.39, 0.29) is 5.54 Å². The van der Waals surface area contributed by atoms with Crippen molar-refractivity contribution in [2.75, 3.05) is 4.90 Å². The van der Waals surface area contributed by atoms with Crippen LogP contribution in [0.2, 0.25) is 11.6 Å². The molecule has 3 nitrogen and oxygen atoms in total. The van der Waals surface area contributed by atoms with Gasteiger partial charge in [0.2, 0.25) is 0 Å². The summed E-state index contributed by atoms with van der Waals surface area (Å²) >= 11 is 0. The highest BCUT2D eigenvalue weighted by atomic mass is 15.3. The fraction of sp³-hybridized carbons (Fsp3) is 0.556. The topological polar surface area (TPSA) is 9.72 Å². The third-order valence-electron chi connectivity index (χ3n) is 16.0. The minimum absolute atomic E-state index is 0.251. The van der Waals surface area contributed by atoms with Gasteiger partial charge in [-0.05, 0) is 125 Å². The molecule has 4 heterocycles. The van der Waals surface area contributed by atoms with E-state index >= 15 is 0 Å². The highest BCUT2D eigenvalue weighted by Gasteiger charge is 2.70. The van der Waals surface area contributed by atoms with Gasteiger partial charge in [0, 0.05) is 52.4 Å². The van der Waals surface area contributed by atoms with Crippen LogP contribution in [-0.4, -0.2) is 46.2 Å². The van der Waals surface area contributed by atoms with Crippen molar-refractivity contribution >= 4 is 12.4 Å². The lowest BCUT2D eigenvalue weighted by Gasteiger charge is -2.61. The summed E-state index contributed by atoms with van der Waals surface area (Å²) in [4.78, 5) is 8.92. The molecule has 1 aromatic carbocycles. The zero-order valence-electron chi connectivity index (χ0n) is 29.8. The molecule has 0 radical (unpaired) electrons. The normalized spacial score (nSPS) is 38.9. The molecule has 10 aliphatic rings. The summed E-state index contributed by atoms with van der Waals surface area (Å²) in [7, 11) is 0. The highest BCUT2D eigenvalue weighted by molar-refractivity contribution is 6.72. The van der Waals surface area contributed by atoms with Crippen LogP contribution in [0.4, 0.5) is 5.69 Å². The number of para-hydroxylation sites is 1. The summed E-state index contributed by atoms with van der Waals surface area (Å²) in [5, 5.41) is 0. The summed E-state index contributed by atoms with van der Waals surface area (Å²) < 4.78 is 0. The van der Waals surface area contributed by atoms with Crippen LogP contribution in [0, 0.1) is 11.3 Å². The molecule has 6 aliphatic carbocycles. The first-order chi connectivity index (χ1) is 24.1. The van der Waals surface area contributed by atoms with E-state index in [9.17, 15) is 0 Å². The molecule has 2 saturated heterocycles. The Kier molecular flexibility index (Phi) is 6.53. The number of anilines is 1. The molecule has 1 saturated carbocycles. The van der Waals surface area contributed by atoms with E-state index in [2.05, 4.69) is 114 Å². The third kappa shape index (κ3) is 3.86. The van der Waals surface area contributed by atoms with Crippen LogP contribution in [0.25, 0.3) is 0 Å². The second-order valence-electron chi connectivity index (χ2n) is 17.9. The minimum Gasteiger partial charge on any atom is -0.343 e. The highest BCUT2D eigenvalue weighted by Crippen LogP contribution is 2.69. The van der Waals surface area contributed by atoms with Crippen molar-refractivity contribution in [1.82, 2.24) is 9.80 Å². The largest absolute Gasteiger partial charge is 0.343 e. The predicted molar refractivity (Wildman–Crippen MR) is 204 cm³/mol. The Morgan fingerprint density at radius 1 is 0.878 bits per heavy atom. The van der Waals surface area contributed by atoms with Gasteiger partial charge in [-0.25, -0.2) is 0 Å². The molecular formula is C45H54BN3. The van der Waals surface area contributed by atoms with Crippen LogP contribution in [0.15, 0.2) is 108 Å². The molecule has 11 rings (SSSR count). The van der Waals surface area contributed by atoms with Gasteiger partial charge >= 0.3 is 0 Å². The minimum atomic E-state index is 0.251. The van der Waals surface area contributed by atoms with Gasteiger partial charge in [-0.15, -0.1) is 0 Å². The van der Waals surface area contributed by atoms with E-state index in [1.807, 2.05) is 5.47 Å². The second-order valence-corrected chi connectivity index (χ2v) is 17.9. The number of nitrogens with zero attached hydrogens (tertiary/aromatic N) is 3. The summed E-state index contributed by atoms with van der Waals surface area (Å²) in [6.07, 6.45) is 42.6. The lowest BCUT2D eigenvalue weighted by molar-refractivity contribution is -0.00362. The van der Waals surface area contributed by atoms with Gasteiger partial charge < -0.3 is 9.80 Å². The number of hydrogen-bond donors (Lipinski definition) is 0. The van der Waals surface area contributed by atoms with Crippen LogP contribution in [0.1, 0.15) is 109 Å². The van der Waals surface area contributed by atoms with Gasteiger partial charge in [0.05, 0.1) is 6.04 Å². The quantitative estimate of drug-likeness (QED) is 0.234. The van der Waals surface area contributed by atoms with E-state index in [1.165, 1.54) is 94.0 Å². The van der Waals surface area contributed by atoms with Crippen molar-refractivity contribution in [3.63, 3.8) is 0 Å². The lowest BCUT2D eigenvalue weighted by Crippen LogP contribution is -2.65. The van der Waals surface area contributed by atoms with Gasteiger partial charge in [0.25, 0.3) is 0 Å². The fourth-order valence-electron chi connectivity index (χ4n) is 14.3. The molecule has 0 N–H and O–H groups in total. The van der Waals surface area contributed by atoms with Crippen LogP contribution in [0.3, 0.4) is 0 Å². The van der Waals surface area contributed by atoms with Crippen molar-refractivity contribution in [2.24, 2.45) is 11.3 Å². The molecule has 8 atom stereocenters. The van der Waals surface area contributed by atoms with Gasteiger partial charge in [-0.1, -0.05) is 91.5 Å². The molecule has 0 aromatic heterocycles. The molecular weight excluding hydrogens is 593 g/mol. The SMILES string of the molecule is CC1(C)N2C3CCCC4=C3B(C3CC=CC=C3N4C3C=CC4c5ccccc5N(C5=CCCC=C5)C4C3)C3C=CCC(C32)C12CCCCC2. The molecule has 252 valence electrons. The average molecular weight is 648 g/mol.